The van der Waals surface area contributed by atoms with Crippen molar-refractivity contribution in [3.63, 3.8) is 0 Å². The molecular formula is C40H64N8O10. The smallest absolute Gasteiger partial charge is 0.328 e. The fourth-order valence-electron chi connectivity index (χ4n) is 6.56. The summed E-state index contributed by atoms with van der Waals surface area (Å²) >= 11 is 0. The number of hydrogen-bond acceptors (Lipinski definition) is 12. The van der Waals surface area contributed by atoms with Crippen molar-refractivity contribution in [2.75, 3.05) is 26.8 Å². The van der Waals surface area contributed by atoms with Gasteiger partial charge in [0.05, 0.1) is 38.8 Å². The zero-order valence-electron chi connectivity index (χ0n) is 34.7. The van der Waals surface area contributed by atoms with Crippen molar-refractivity contribution in [3.8, 4) is 0 Å². The fourth-order valence-corrected chi connectivity index (χ4v) is 6.56. The van der Waals surface area contributed by atoms with Gasteiger partial charge in [-0.05, 0) is 55.5 Å². The Bertz CT molecular complexity index is 1580. The van der Waals surface area contributed by atoms with Gasteiger partial charge in [-0.1, -0.05) is 78.3 Å². The highest BCUT2D eigenvalue weighted by Crippen LogP contribution is 2.20. The normalized spacial score (nSPS) is 17.8. The molecule has 8 atom stereocenters. The van der Waals surface area contributed by atoms with Gasteiger partial charge in [0.2, 0.25) is 35.4 Å². The van der Waals surface area contributed by atoms with E-state index in [1.807, 2.05) is 6.92 Å². The molecule has 1 aliphatic rings. The van der Waals surface area contributed by atoms with E-state index < -0.39 is 103 Å². The van der Waals surface area contributed by atoms with Gasteiger partial charge < -0.3 is 47.9 Å². The number of ketones is 1. The number of nitrogens with one attached hydrogen (secondary N) is 5. The first-order valence-corrected chi connectivity index (χ1v) is 19.9. The van der Waals surface area contributed by atoms with Gasteiger partial charge in [0.25, 0.3) is 0 Å². The molecule has 1 saturated heterocycles. The molecule has 0 saturated carbocycles. The molecule has 58 heavy (non-hydrogen) atoms. The molecule has 1 aromatic carbocycles. The van der Waals surface area contributed by atoms with Gasteiger partial charge >= 0.3 is 5.97 Å². The summed E-state index contributed by atoms with van der Waals surface area (Å²) in [6.07, 6.45) is 1.05. The molecule has 0 bridgehead atoms. The van der Waals surface area contributed by atoms with Crippen LogP contribution < -0.4 is 38.1 Å². The van der Waals surface area contributed by atoms with E-state index in [1.54, 1.807) is 69.9 Å². The largest absolute Gasteiger partial charge is 0.467 e. The van der Waals surface area contributed by atoms with E-state index in [0.717, 1.165) is 0 Å². The van der Waals surface area contributed by atoms with Crippen LogP contribution in [0.25, 0.3) is 0 Å². The number of benzene rings is 1. The molecule has 324 valence electrons. The maximum absolute atomic E-state index is 14.1. The highest BCUT2D eigenvalue weighted by atomic mass is 16.5. The summed E-state index contributed by atoms with van der Waals surface area (Å²) in [5.74, 6) is -6.16. The highest BCUT2D eigenvalue weighted by Gasteiger charge is 2.38. The maximum atomic E-state index is 14.1. The van der Waals surface area contributed by atoms with Crippen molar-refractivity contribution in [3.05, 3.63) is 35.9 Å². The summed E-state index contributed by atoms with van der Waals surface area (Å²) in [4.78, 5) is 107. The number of carbonyl (C=O) groups excluding carboxylic acids is 8. The zero-order valence-corrected chi connectivity index (χ0v) is 34.7. The molecule has 18 nitrogen and oxygen atoms in total. The van der Waals surface area contributed by atoms with Crippen LogP contribution in [0.15, 0.2) is 30.3 Å². The summed E-state index contributed by atoms with van der Waals surface area (Å²) in [6.45, 7) is 10.3. The molecule has 18 heteroatoms. The SMILES string of the molecule is CC[C@H](C)[C@H](NC(=O)[C@@H]1CCCN1CC(=O)[C@H](Cc1ccccc1)NC(=O)[C@H](CC(N)=O)NC(=O)[C@H](CC(C)C)NC(=O)[C@@H](N)CO)C(=O)N[C@H](C(=O)OC)C(C)C. The summed E-state index contributed by atoms with van der Waals surface area (Å²) < 4.78 is 4.86. The molecule has 2 rings (SSSR count). The van der Waals surface area contributed by atoms with Crippen LogP contribution in [0.4, 0.5) is 0 Å². The summed E-state index contributed by atoms with van der Waals surface area (Å²) in [6, 6.07) is 0.975. The van der Waals surface area contributed by atoms with Gasteiger partial charge in [-0.2, -0.15) is 0 Å². The second-order valence-corrected chi connectivity index (χ2v) is 15.7. The maximum Gasteiger partial charge on any atom is 0.328 e. The lowest BCUT2D eigenvalue weighted by atomic mass is 9.96. The standard InChI is InChI=1S/C40H64N8O10/c1-8-24(6)34(39(56)46-33(23(4)5)40(57)58-7)47-38(55)30-15-12-16-48(30)20-31(50)27(18-25-13-10-9-11-14-25)43-37(54)29(19-32(42)51)45-36(53)28(17-22(2)3)44-35(52)26(41)21-49/h9-11,13-14,22-24,26-30,33-34,49H,8,12,15-21,41H2,1-7H3,(H2,42,51)(H,43,54)(H,44,52)(H,45,53)(H,46,56)(H,47,55)/t24-,26-,27-,28-,29-,30-,33-,34-/m0/s1. The van der Waals surface area contributed by atoms with Crippen molar-refractivity contribution in [1.29, 1.82) is 0 Å². The first kappa shape index (κ1) is 49.2. The molecule has 1 aliphatic heterocycles. The molecule has 6 amide bonds. The number of Topliss-reactive ketones (excluding diaryl/α,β-unsaturated/α-hetero) is 1. The molecule has 0 radical (unpaired) electrons. The number of amides is 6. The van der Waals surface area contributed by atoms with Crippen LogP contribution in [0.5, 0.6) is 0 Å². The van der Waals surface area contributed by atoms with Crippen LogP contribution in [0.3, 0.4) is 0 Å². The number of esters is 1. The Kier molecular flexibility index (Phi) is 20.4. The van der Waals surface area contributed by atoms with E-state index in [4.69, 9.17) is 16.2 Å². The Morgan fingerprint density at radius 2 is 1.43 bits per heavy atom. The fraction of sp³-hybridized carbons (Fsp3) is 0.650. The molecule has 0 spiro atoms. The molecule has 10 N–H and O–H groups in total. The molecule has 0 unspecified atom stereocenters. The lowest BCUT2D eigenvalue weighted by molar-refractivity contribution is -0.147. The van der Waals surface area contributed by atoms with Gasteiger partial charge in [-0.3, -0.25) is 38.5 Å². The minimum Gasteiger partial charge on any atom is -0.467 e. The number of likely N-dealkylation sites (tertiary alicyclic amines) is 1. The van der Waals surface area contributed by atoms with Crippen molar-refractivity contribution >= 4 is 47.2 Å². The number of rotatable bonds is 24. The third-order valence-corrected chi connectivity index (χ3v) is 10.1. The Balaban J connectivity index is 2.33. The van der Waals surface area contributed by atoms with E-state index in [-0.39, 0.29) is 37.1 Å². The average Bonchev–Trinajstić information content (AvgIpc) is 3.64. The number of methoxy groups -OCH3 is 1. The molecule has 1 aromatic rings. The Morgan fingerprint density at radius 1 is 0.828 bits per heavy atom. The lowest BCUT2D eigenvalue weighted by Gasteiger charge is -2.30. The number of nitrogens with two attached hydrogens (primary N) is 2. The number of carbonyl (C=O) groups is 8. The van der Waals surface area contributed by atoms with Crippen molar-refractivity contribution in [2.45, 2.75) is 122 Å². The van der Waals surface area contributed by atoms with E-state index >= 15 is 0 Å². The van der Waals surface area contributed by atoms with Gasteiger partial charge in [-0.25, -0.2) is 4.79 Å². The number of hydrogen-bond donors (Lipinski definition) is 8. The Hall–Kier alpha value is -4.94. The van der Waals surface area contributed by atoms with E-state index in [0.29, 0.717) is 31.4 Å². The number of aliphatic hydroxyl groups is 1. The lowest BCUT2D eigenvalue weighted by Crippen LogP contribution is -2.59. The third kappa shape index (κ3) is 15.4. The summed E-state index contributed by atoms with van der Waals surface area (Å²) in [5.41, 5.74) is 11.8. The summed E-state index contributed by atoms with van der Waals surface area (Å²) in [5, 5.41) is 22.5. The number of ether oxygens (including phenoxy) is 1. The predicted molar refractivity (Wildman–Crippen MR) is 214 cm³/mol. The van der Waals surface area contributed by atoms with Gasteiger partial charge in [0.15, 0.2) is 5.78 Å². The van der Waals surface area contributed by atoms with Crippen LogP contribution in [-0.4, -0.2) is 126 Å². The monoisotopic (exact) mass is 816 g/mol. The summed E-state index contributed by atoms with van der Waals surface area (Å²) in [7, 11) is 1.23. The van der Waals surface area contributed by atoms with Crippen LogP contribution >= 0.6 is 0 Å². The minimum absolute atomic E-state index is 0.0336. The number of aliphatic hydroxyl groups excluding tert-OH is 1. The zero-order chi connectivity index (χ0) is 43.7. The number of primary amides is 1. The highest BCUT2D eigenvalue weighted by molar-refractivity contribution is 5.98. The first-order valence-electron chi connectivity index (χ1n) is 19.9. The average molecular weight is 817 g/mol. The topological polar surface area (TPSA) is 281 Å². The second-order valence-electron chi connectivity index (χ2n) is 15.7. The van der Waals surface area contributed by atoms with Crippen LogP contribution in [0.1, 0.15) is 79.2 Å². The van der Waals surface area contributed by atoms with Crippen LogP contribution in [-0.2, 0) is 49.5 Å². The van der Waals surface area contributed by atoms with Gasteiger partial charge in [0.1, 0.15) is 30.2 Å². The van der Waals surface area contributed by atoms with E-state index in [1.165, 1.54) is 7.11 Å². The molecule has 1 heterocycles. The van der Waals surface area contributed by atoms with E-state index in [9.17, 15) is 43.5 Å². The Labute approximate surface area is 340 Å². The second kappa shape index (κ2) is 24.1. The van der Waals surface area contributed by atoms with Gasteiger partial charge in [-0.15, -0.1) is 0 Å². The van der Waals surface area contributed by atoms with Crippen molar-refractivity contribution < 1.29 is 48.2 Å². The van der Waals surface area contributed by atoms with Crippen molar-refractivity contribution in [1.82, 2.24) is 31.5 Å². The van der Waals surface area contributed by atoms with Gasteiger partial charge in [0, 0.05) is 0 Å². The molecule has 0 aliphatic carbocycles. The molecule has 0 aromatic heterocycles. The first-order chi connectivity index (χ1) is 27.3. The number of nitrogens with zero attached hydrogens (tertiary/aromatic N) is 1. The molecular weight excluding hydrogens is 752 g/mol. The quantitative estimate of drug-likeness (QED) is 0.0572. The van der Waals surface area contributed by atoms with Crippen LogP contribution in [0, 0.1) is 17.8 Å². The third-order valence-electron chi connectivity index (χ3n) is 10.1. The van der Waals surface area contributed by atoms with Crippen molar-refractivity contribution in [2.24, 2.45) is 29.2 Å². The molecule has 1 fully saturated rings. The predicted octanol–water partition coefficient (Wildman–Crippen LogP) is -1.20. The van der Waals surface area contributed by atoms with E-state index in [2.05, 4.69) is 26.6 Å². The Morgan fingerprint density at radius 3 is 1.98 bits per heavy atom. The minimum atomic E-state index is -1.53. The van der Waals surface area contributed by atoms with Crippen LogP contribution in [0.2, 0.25) is 0 Å².